The van der Waals surface area contributed by atoms with E-state index >= 15 is 0 Å². The number of carbonyl (C=O) groups excluding carboxylic acids is 1. The molecule has 0 spiro atoms. The molecule has 5 nitrogen and oxygen atoms in total. The summed E-state index contributed by atoms with van der Waals surface area (Å²) >= 11 is 0. The zero-order valence-corrected chi connectivity index (χ0v) is 16.9. The Bertz CT molecular complexity index is 726. The first kappa shape index (κ1) is 26.0. The molecule has 28 heavy (non-hydrogen) atoms. The summed E-state index contributed by atoms with van der Waals surface area (Å²) in [6.45, 7) is 5.28. The van der Waals surface area contributed by atoms with E-state index < -0.39 is 11.7 Å². The predicted molar refractivity (Wildman–Crippen MR) is 106 cm³/mol. The lowest BCUT2D eigenvalue weighted by Gasteiger charge is -2.13. The summed E-state index contributed by atoms with van der Waals surface area (Å²) in [5.74, 6) is 0.193. The van der Waals surface area contributed by atoms with Crippen LogP contribution in [-0.2, 0) is 6.18 Å². The highest BCUT2D eigenvalue weighted by molar-refractivity contribution is 5.94. The molecule has 0 radical (unpaired) electrons. The van der Waals surface area contributed by atoms with Gasteiger partial charge in [-0.25, -0.2) is 4.98 Å². The van der Waals surface area contributed by atoms with E-state index in [9.17, 15) is 18.0 Å². The number of amides is 1. The summed E-state index contributed by atoms with van der Waals surface area (Å²) in [7, 11) is 0. The number of ether oxygens (including phenoxy) is 1. The number of aromatic nitrogens is 1. The minimum Gasteiger partial charge on any atom is -0.439 e. The van der Waals surface area contributed by atoms with Gasteiger partial charge >= 0.3 is 6.18 Å². The Morgan fingerprint density at radius 3 is 2.29 bits per heavy atom. The summed E-state index contributed by atoms with van der Waals surface area (Å²) < 4.78 is 42.9. The third-order valence-corrected chi connectivity index (χ3v) is 3.52. The van der Waals surface area contributed by atoms with Gasteiger partial charge in [-0.2, -0.15) is 13.2 Å². The van der Waals surface area contributed by atoms with Crippen molar-refractivity contribution in [1.82, 2.24) is 15.6 Å². The molecule has 0 aliphatic heterocycles. The maximum atomic E-state index is 12.5. The number of likely N-dealkylation sites (N-methyl/N-ethyl adjacent to an activating group) is 1. The van der Waals surface area contributed by atoms with Gasteiger partial charge in [0.1, 0.15) is 5.75 Å². The molecule has 1 heterocycles. The molecule has 0 saturated carbocycles. The van der Waals surface area contributed by atoms with Crippen molar-refractivity contribution in [2.45, 2.75) is 26.1 Å². The molecule has 0 saturated heterocycles. The standard InChI is InChI=1S/C18H20F3N3O2.2ClH/c1-3-22-12(2)10-24-17(25)13-4-7-15(8-5-13)26-16-9-6-14(11-23-16)18(19,20)21;;/h4-9,11-12,22H,3,10H2,1-2H3,(H,24,25);2*1H/t12-;;/m1../s1. The molecular weight excluding hydrogens is 418 g/mol. The average Bonchev–Trinajstić information content (AvgIpc) is 2.60. The molecule has 0 aliphatic carbocycles. The molecule has 2 rings (SSSR count). The van der Waals surface area contributed by atoms with Crippen molar-refractivity contribution < 1.29 is 22.7 Å². The third kappa shape index (κ3) is 7.92. The summed E-state index contributed by atoms with van der Waals surface area (Å²) in [6, 6.07) is 8.47. The van der Waals surface area contributed by atoms with Crippen molar-refractivity contribution in [1.29, 1.82) is 0 Å². The minimum atomic E-state index is -4.44. The van der Waals surface area contributed by atoms with E-state index in [0.717, 1.165) is 18.7 Å². The highest BCUT2D eigenvalue weighted by Gasteiger charge is 2.30. The number of benzene rings is 1. The zero-order valence-electron chi connectivity index (χ0n) is 15.2. The SMILES string of the molecule is CCN[C@H](C)CNC(=O)c1ccc(Oc2ccc(C(F)(F)F)cn2)cc1.Cl.Cl. The first-order valence-corrected chi connectivity index (χ1v) is 8.12. The lowest BCUT2D eigenvalue weighted by atomic mass is 10.2. The van der Waals surface area contributed by atoms with Crippen LogP contribution in [0.25, 0.3) is 0 Å². The van der Waals surface area contributed by atoms with E-state index in [2.05, 4.69) is 15.6 Å². The normalized spacial score (nSPS) is 11.6. The molecule has 0 aliphatic rings. The van der Waals surface area contributed by atoms with Gasteiger partial charge in [0.05, 0.1) is 5.56 Å². The fourth-order valence-corrected chi connectivity index (χ4v) is 2.17. The van der Waals surface area contributed by atoms with E-state index in [1.54, 1.807) is 24.3 Å². The molecule has 0 unspecified atom stereocenters. The summed E-state index contributed by atoms with van der Waals surface area (Å²) in [4.78, 5) is 15.7. The maximum Gasteiger partial charge on any atom is 0.417 e. The molecule has 1 amide bonds. The van der Waals surface area contributed by atoms with E-state index in [0.29, 0.717) is 24.1 Å². The molecule has 1 atom stereocenters. The quantitative estimate of drug-likeness (QED) is 0.668. The number of carbonyl (C=O) groups is 1. The van der Waals surface area contributed by atoms with E-state index in [1.807, 2.05) is 13.8 Å². The Labute approximate surface area is 173 Å². The summed E-state index contributed by atoms with van der Waals surface area (Å²) in [6.07, 6.45) is -3.73. The largest absolute Gasteiger partial charge is 0.439 e. The van der Waals surface area contributed by atoms with E-state index in [4.69, 9.17) is 4.74 Å². The topological polar surface area (TPSA) is 63.2 Å². The van der Waals surface area contributed by atoms with E-state index in [-0.39, 0.29) is 42.6 Å². The van der Waals surface area contributed by atoms with Crippen molar-refractivity contribution >= 4 is 30.7 Å². The van der Waals surface area contributed by atoms with Crippen LogP contribution in [0.1, 0.15) is 29.8 Å². The van der Waals surface area contributed by atoms with Gasteiger partial charge in [-0.15, -0.1) is 24.8 Å². The number of rotatable bonds is 7. The fraction of sp³-hybridized carbons (Fsp3) is 0.333. The van der Waals surface area contributed by atoms with Crippen molar-refractivity contribution in [3.63, 3.8) is 0 Å². The van der Waals surface area contributed by atoms with Gasteiger partial charge in [-0.1, -0.05) is 6.92 Å². The first-order valence-electron chi connectivity index (χ1n) is 8.12. The van der Waals surface area contributed by atoms with Gasteiger partial charge in [-0.3, -0.25) is 4.79 Å². The lowest BCUT2D eigenvalue weighted by Crippen LogP contribution is -2.38. The Balaban J connectivity index is 0.00000364. The molecule has 10 heteroatoms. The molecule has 0 fully saturated rings. The Kier molecular flexibility index (Phi) is 10.9. The van der Waals surface area contributed by atoms with Crippen molar-refractivity contribution in [3.8, 4) is 11.6 Å². The number of pyridine rings is 1. The number of hydrogen-bond donors (Lipinski definition) is 2. The van der Waals surface area contributed by atoms with Crippen LogP contribution in [-0.4, -0.2) is 30.0 Å². The van der Waals surface area contributed by atoms with Gasteiger partial charge in [0, 0.05) is 30.4 Å². The monoisotopic (exact) mass is 439 g/mol. The van der Waals surface area contributed by atoms with Gasteiger partial charge in [0.15, 0.2) is 0 Å². The predicted octanol–water partition coefficient (Wildman–Crippen LogP) is 4.46. The smallest absolute Gasteiger partial charge is 0.417 e. The van der Waals surface area contributed by atoms with Crippen LogP contribution < -0.4 is 15.4 Å². The molecule has 1 aromatic heterocycles. The second kappa shape index (κ2) is 11.7. The highest BCUT2D eigenvalue weighted by atomic mass is 35.5. The van der Waals surface area contributed by atoms with E-state index in [1.165, 1.54) is 0 Å². The van der Waals surface area contributed by atoms with Crippen LogP contribution >= 0.6 is 24.8 Å². The van der Waals surface area contributed by atoms with Crippen LogP contribution in [0, 0.1) is 0 Å². The Morgan fingerprint density at radius 2 is 1.79 bits per heavy atom. The summed E-state index contributed by atoms with van der Waals surface area (Å²) in [5, 5.41) is 6.00. The van der Waals surface area contributed by atoms with Gasteiger partial charge < -0.3 is 15.4 Å². The maximum absolute atomic E-state index is 12.5. The molecule has 156 valence electrons. The number of hydrogen-bond acceptors (Lipinski definition) is 4. The summed E-state index contributed by atoms with van der Waals surface area (Å²) in [5.41, 5.74) is -0.384. The number of nitrogens with one attached hydrogen (secondary N) is 2. The van der Waals surface area contributed by atoms with Gasteiger partial charge in [0.2, 0.25) is 5.88 Å². The molecule has 0 bridgehead atoms. The van der Waals surface area contributed by atoms with Crippen LogP contribution in [0.4, 0.5) is 13.2 Å². The second-order valence-corrected chi connectivity index (χ2v) is 5.68. The first-order chi connectivity index (χ1) is 12.3. The highest BCUT2D eigenvalue weighted by Crippen LogP contribution is 2.30. The van der Waals surface area contributed by atoms with Gasteiger partial charge in [-0.05, 0) is 43.8 Å². The van der Waals surface area contributed by atoms with Crippen LogP contribution in [0.2, 0.25) is 0 Å². The molecular formula is C18H22Cl2F3N3O2. The molecule has 1 aromatic carbocycles. The van der Waals surface area contributed by atoms with Crippen molar-refractivity contribution in [2.75, 3.05) is 13.1 Å². The lowest BCUT2D eigenvalue weighted by molar-refractivity contribution is -0.137. The Morgan fingerprint density at radius 1 is 1.14 bits per heavy atom. The average molecular weight is 440 g/mol. The zero-order chi connectivity index (χ0) is 19.2. The van der Waals surface area contributed by atoms with Crippen molar-refractivity contribution in [2.24, 2.45) is 0 Å². The van der Waals surface area contributed by atoms with Gasteiger partial charge in [0.25, 0.3) is 5.91 Å². The minimum absolute atomic E-state index is 0. The fourth-order valence-electron chi connectivity index (χ4n) is 2.17. The third-order valence-electron chi connectivity index (χ3n) is 3.52. The van der Waals surface area contributed by atoms with Crippen LogP contribution in [0.15, 0.2) is 42.6 Å². The van der Waals surface area contributed by atoms with Crippen molar-refractivity contribution in [3.05, 3.63) is 53.7 Å². The molecule has 2 N–H and O–H groups in total. The number of alkyl halides is 3. The Hall–Kier alpha value is -2.03. The second-order valence-electron chi connectivity index (χ2n) is 5.68. The number of halogens is 5. The molecule has 2 aromatic rings. The van der Waals surface area contributed by atoms with Crippen LogP contribution in [0.5, 0.6) is 11.6 Å². The van der Waals surface area contributed by atoms with Crippen LogP contribution in [0.3, 0.4) is 0 Å². The number of nitrogens with zero attached hydrogens (tertiary/aromatic N) is 1.